The molecule has 1 aromatic rings. The number of hydrogen-bond donors (Lipinski definition) is 1. The number of carbonyl (C=O) groups is 1. The highest BCUT2D eigenvalue weighted by molar-refractivity contribution is 5.85. The summed E-state index contributed by atoms with van der Waals surface area (Å²) in [4.78, 5) is 11.0. The van der Waals surface area contributed by atoms with E-state index in [4.69, 9.17) is 9.84 Å². The zero-order chi connectivity index (χ0) is 11.1. The second kappa shape index (κ2) is 5.70. The first-order chi connectivity index (χ1) is 7.27. The Morgan fingerprint density at radius 2 is 2.07 bits per heavy atom. The van der Waals surface area contributed by atoms with E-state index >= 15 is 0 Å². The molecule has 4 nitrogen and oxygen atoms in total. The Morgan fingerprint density at radius 1 is 1.40 bits per heavy atom. The van der Waals surface area contributed by atoms with Crippen molar-refractivity contribution in [3.63, 3.8) is 0 Å². The standard InChI is InChI=1S/C11H12O4/c1-14-11(13)10(7-12)15-8-9-5-3-2-4-6-9/h2-7,12H,8H2,1H3/b10-7+. The third-order valence-electron chi connectivity index (χ3n) is 1.74. The summed E-state index contributed by atoms with van der Waals surface area (Å²) in [6.07, 6.45) is 0.592. The summed E-state index contributed by atoms with van der Waals surface area (Å²) in [6, 6.07) is 9.31. The minimum Gasteiger partial charge on any atom is -0.511 e. The van der Waals surface area contributed by atoms with Crippen LogP contribution in [0.2, 0.25) is 0 Å². The van der Waals surface area contributed by atoms with Crippen LogP contribution in [0.5, 0.6) is 0 Å². The molecule has 0 saturated heterocycles. The molecule has 0 aromatic heterocycles. The highest BCUT2D eigenvalue weighted by Crippen LogP contribution is 2.06. The summed E-state index contributed by atoms with van der Waals surface area (Å²) >= 11 is 0. The van der Waals surface area contributed by atoms with Gasteiger partial charge in [-0.25, -0.2) is 4.79 Å². The van der Waals surface area contributed by atoms with Crippen molar-refractivity contribution in [1.29, 1.82) is 0 Å². The van der Waals surface area contributed by atoms with E-state index in [-0.39, 0.29) is 12.4 Å². The van der Waals surface area contributed by atoms with Gasteiger partial charge in [-0.05, 0) is 5.56 Å². The molecule has 4 heteroatoms. The first-order valence-corrected chi connectivity index (χ1v) is 4.37. The molecule has 0 aliphatic carbocycles. The quantitative estimate of drug-likeness (QED) is 0.465. The van der Waals surface area contributed by atoms with Crippen LogP contribution in [0.4, 0.5) is 0 Å². The van der Waals surface area contributed by atoms with Crippen molar-refractivity contribution in [2.24, 2.45) is 0 Å². The van der Waals surface area contributed by atoms with Crippen LogP contribution in [0, 0.1) is 0 Å². The average Bonchev–Trinajstić information content (AvgIpc) is 2.31. The molecule has 0 unspecified atom stereocenters. The molecule has 1 N–H and O–H groups in total. The van der Waals surface area contributed by atoms with E-state index in [0.29, 0.717) is 6.26 Å². The molecule has 0 aliphatic heterocycles. The Bertz CT molecular complexity index is 343. The fraction of sp³-hybridized carbons (Fsp3) is 0.182. The topological polar surface area (TPSA) is 55.8 Å². The second-order valence-electron chi connectivity index (χ2n) is 2.76. The fourth-order valence-corrected chi connectivity index (χ4v) is 0.985. The normalized spacial score (nSPS) is 10.9. The van der Waals surface area contributed by atoms with Gasteiger partial charge in [-0.1, -0.05) is 30.3 Å². The van der Waals surface area contributed by atoms with E-state index in [1.54, 1.807) is 0 Å². The lowest BCUT2D eigenvalue weighted by Gasteiger charge is -2.06. The molecule has 0 aliphatic rings. The number of esters is 1. The molecule has 0 bridgehead atoms. The van der Waals surface area contributed by atoms with Crippen molar-refractivity contribution in [1.82, 2.24) is 0 Å². The SMILES string of the molecule is COC(=O)/C(=C\O)OCc1ccccc1. The fourth-order valence-electron chi connectivity index (χ4n) is 0.985. The smallest absolute Gasteiger partial charge is 0.376 e. The molecule has 0 atom stereocenters. The van der Waals surface area contributed by atoms with Gasteiger partial charge in [0, 0.05) is 0 Å². The molecule has 0 amide bonds. The summed E-state index contributed by atoms with van der Waals surface area (Å²) in [5, 5.41) is 8.72. The number of aliphatic hydroxyl groups excluding tert-OH is 1. The average molecular weight is 208 g/mol. The van der Waals surface area contributed by atoms with Gasteiger partial charge in [0.1, 0.15) is 12.9 Å². The van der Waals surface area contributed by atoms with Gasteiger partial charge in [-0.15, -0.1) is 0 Å². The van der Waals surface area contributed by atoms with Crippen LogP contribution in [0.15, 0.2) is 42.4 Å². The number of ether oxygens (including phenoxy) is 2. The van der Waals surface area contributed by atoms with E-state index < -0.39 is 5.97 Å². The van der Waals surface area contributed by atoms with Gasteiger partial charge >= 0.3 is 5.97 Å². The van der Waals surface area contributed by atoms with Crippen molar-refractivity contribution in [3.8, 4) is 0 Å². The second-order valence-corrected chi connectivity index (χ2v) is 2.76. The van der Waals surface area contributed by atoms with Crippen LogP contribution in [-0.4, -0.2) is 18.2 Å². The zero-order valence-corrected chi connectivity index (χ0v) is 8.34. The summed E-state index contributed by atoms with van der Waals surface area (Å²) in [5.74, 6) is -0.908. The largest absolute Gasteiger partial charge is 0.511 e. The third-order valence-corrected chi connectivity index (χ3v) is 1.74. The summed E-state index contributed by atoms with van der Waals surface area (Å²) in [7, 11) is 1.22. The molecule has 15 heavy (non-hydrogen) atoms. The monoisotopic (exact) mass is 208 g/mol. The van der Waals surface area contributed by atoms with Crippen LogP contribution >= 0.6 is 0 Å². The first kappa shape index (κ1) is 11.1. The van der Waals surface area contributed by atoms with Crippen molar-refractivity contribution >= 4 is 5.97 Å². The van der Waals surface area contributed by atoms with Crippen LogP contribution in [0.3, 0.4) is 0 Å². The minimum absolute atomic E-state index is 0.207. The van der Waals surface area contributed by atoms with Gasteiger partial charge in [-0.2, -0.15) is 0 Å². The van der Waals surface area contributed by atoms with Gasteiger partial charge in [0.2, 0.25) is 5.76 Å². The van der Waals surface area contributed by atoms with Gasteiger partial charge < -0.3 is 14.6 Å². The number of aliphatic hydroxyl groups is 1. The molecule has 0 spiro atoms. The lowest BCUT2D eigenvalue weighted by Crippen LogP contribution is -2.08. The van der Waals surface area contributed by atoms with Crippen LogP contribution < -0.4 is 0 Å². The Hall–Kier alpha value is -1.97. The Balaban J connectivity index is 2.53. The minimum atomic E-state index is -0.701. The maximum Gasteiger partial charge on any atom is 0.376 e. The number of rotatable bonds is 4. The van der Waals surface area contributed by atoms with Crippen LogP contribution in [0.1, 0.15) is 5.56 Å². The van der Waals surface area contributed by atoms with E-state index in [0.717, 1.165) is 5.56 Å². The molecule has 1 aromatic carbocycles. The van der Waals surface area contributed by atoms with E-state index in [9.17, 15) is 4.79 Å². The highest BCUT2D eigenvalue weighted by Gasteiger charge is 2.10. The Kier molecular flexibility index (Phi) is 4.22. The Labute approximate surface area is 87.7 Å². The predicted octanol–water partition coefficient (Wildman–Crippen LogP) is 1.78. The van der Waals surface area contributed by atoms with E-state index in [2.05, 4.69) is 4.74 Å². The molecule has 1 rings (SSSR count). The molecule has 0 saturated carbocycles. The van der Waals surface area contributed by atoms with Crippen molar-refractivity contribution in [2.45, 2.75) is 6.61 Å². The summed E-state index contributed by atoms with van der Waals surface area (Å²) in [5.41, 5.74) is 0.903. The van der Waals surface area contributed by atoms with Crippen molar-refractivity contribution in [2.75, 3.05) is 7.11 Å². The molecule has 0 fully saturated rings. The van der Waals surface area contributed by atoms with Gasteiger partial charge in [0.15, 0.2) is 0 Å². The number of hydrogen-bond acceptors (Lipinski definition) is 4. The van der Waals surface area contributed by atoms with E-state index in [1.165, 1.54) is 7.11 Å². The van der Waals surface area contributed by atoms with E-state index in [1.807, 2.05) is 30.3 Å². The van der Waals surface area contributed by atoms with Crippen LogP contribution in [-0.2, 0) is 20.9 Å². The first-order valence-electron chi connectivity index (χ1n) is 4.37. The maximum absolute atomic E-state index is 11.0. The molecule has 0 heterocycles. The van der Waals surface area contributed by atoms with Gasteiger partial charge in [0.05, 0.1) is 7.11 Å². The van der Waals surface area contributed by atoms with Gasteiger partial charge in [-0.3, -0.25) is 0 Å². The molecular weight excluding hydrogens is 196 g/mol. The number of benzene rings is 1. The molecular formula is C11H12O4. The Morgan fingerprint density at radius 3 is 2.60 bits per heavy atom. The number of methoxy groups -OCH3 is 1. The highest BCUT2D eigenvalue weighted by atomic mass is 16.6. The summed E-state index contributed by atoms with van der Waals surface area (Å²) < 4.78 is 9.47. The lowest BCUT2D eigenvalue weighted by atomic mass is 10.2. The third kappa shape index (κ3) is 3.34. The predicted molar refractivity (Wildman–Crippen MR) is 54.0 cm³/mol. The van der Waals surface area contributed by atoms with Crippen LogP contribution in [0.25, 0.3) is 0 Å². The summed E-state index contributed by atoms with van der Waals surface area (Å²) in [6.45, 7) is 0.211. The lowest BCUT2D eigenvalue weighted by molar-refractivity contribution is -0.140. The van der Waals surface area contributed by atoms with Crippen molar-refractivity contribution in [3.05, 3.63) is 47.9 Å². The van der Waals surface area contributed by atoms with Gasteiger partial charge in [0.25, 0.3) is 0 Å². The molecule has 80 valence electrons. The molecule has 0 radical (unpaired) electrons. The van der Waals surface area contributed by atoms with Crippen molar-refractivity contribution < 1.29 is 19.4 Å². The zero-order valence-electron chi connectivity index (χ0n) is 8.34. The maximum atomic E-state index is 11.0. The number of carbonyl (C=O) groups excluding carboxylic acids is 1.